The standard InChI is InChI=1S/C10H16N2O/c1-3-13-9-4-5-10-8(2)6-11-12(10)7-9/h6,9H,3-5,7H2,1-2H3/t9-/m0/s1. The maximum absolute atomic E-state index is 5.59. The number of rotatable bonds is 2. The molecular weight excluding hydrogens is 164 g/mol. The minimum absolute atomic E-state index is 0.372. The van der Waals surface area contributed by atoms with E-state index in [1.807, 2.05) is 13.1 Å². The van der Waals surface area contributed by atoms with E-state index in [4.69, 9.17) is 4.74 Å². The first-order chi connectivity index (χ1) is 6.31. The van der Waals surface area contributed by atoms with Crippen LogP contribution in [0.1, 0.15) is 24.6 Å². The Morgan fingerprint density at radius 3 is 3.31 bits per heavy atom. The summed E-state index contributed by atoms with van der Waals surface area (Å²) in [7, 11) is 0. The van der Waals surface area contributed by atoms with Crippen LogP contribution in [0.25, 0.3) is 0 Å². The lowest BCUT2D eigenvalue weighted by Gasteiger charge is -2.23. The summed E-state index contributed by atoms with van der Waals surface area (Å²) >= 11 is 0. The molecule has 0 saturated carbocycles. The van der Waals surface area contributed by atoms with Crippen molar-refractivity contribution >= 4 is 0 Å². The molecule has 0 spiro atoms. The summed E-state index contributed by atoms with van der Waals surface area (Å²) in [5, 5.41) is 4.33. The fourth-order valence-corrected chi connectivity index (χ4v) is 1.94. The van der Waals surface area contributed by atoms with E-state index in [-0.39, 0.29) is 0 Å². The lowest BCUT2D eigenvalue weighted by Crippen LogP contribution is -2.27. The Hall–Kier alpha value is -0.830. The summed E-state index contributed by atoms with van der Waals surface area (Å²) in [6.07, 6.45) is 4.57. The third kappa shape index (κ3) is 1.61. The molecule has 1 aromatic heterocycles. The molecule has 0 unspecified atom stereocenters. The fraction of sp³-hybridized carbons (Fsp3) is 0.700. The predicted octanol–water partition coefficient (Wildman–Crippen LogP) is 1.54. The molecule has 72 valence electrons. The maximum atomic E-state index is 5.59. The van der Waals surface area contributed by atoms with E-state index in [2.05, 4.69) is 16.7 Å². The van der Waals surface area contributed by atoms with Gasteiger partial charge in [0, 0.05) is 12.3 Å². The predicted molar refractivity (Wildman–Crippen MR) is 50.7 cm³/mol. The molecule has 0 saturated heterocycles. The molecule has 0 aromatic carbocycles. The fourth-order valence-electron chi connectivity index (χ4n) is 1.94. The molecule has 2 heterocycles. The first-order valence-electron chi connectivity index (χ1n) is 4.94. The summed E-state index contributed by atoms with van der Waals surface area (Å²) in [6, 6.07) is 0. The lowest BCUT2D eigenvalue weighted by atomic mass is 10.1. The summed E-state index contributed by atoms with van der Waals surface area (Å²) in [5.74, 6) is 0. The largest absolute Gasteiger partial charge is 0.377 e. The highest BCUT2D eigenvalue weighted by molar-refractivity contribution is 5.17. The molecule has 0 radical (unpaired) electrons. The number of aromatic nitrogens is 2. The van der Waals surface area contributed by atoms with Gasteiger partial charge in [-0.15, -0.1) is 0 Å². The van der Waals surface area contributed by atoms with Gasteiger partial charge >= 0.3 is 0 Å². The molecule has 1 atom stereocenters. The quantitative estimate of drug-likeness (QED) is 0.690. The van der Waals surface area contributed by atoms with Crippen LogP contribution in [0.3, 0.4) is 0 Å². The third-order valence-corrected chi connectivity index (χ3v) is 2.64. The van der Waals surface area contributed by atoms with Crippen molar-refractivity contribution in [2.75, 3.05) is 6.61 Å². The van der Waals surface area contributed by atoms with Crippen LogP contribution in [0.4, 0.5) is 0 Å². The number of aryl methyl sites for hydroxylation is 1. The smallest absolute Gasteiger partial charge is 0.0774 e. The molecule has 1 aromatic rings. The van der Waals surface area contributed by atoms with Crippen LogP contribution in [0.2, 0.25) is 0 Å². The van der Waals surface area contributed by atoms with Gasteiger partial charge in [0.05, 0.1) is 18.8 Å². The van der Waals surface area contributed by atoms with Gasteiger partial charge in [-0.25, -0.2) is 0 Å². The van der Waals surface area contributed by atoms with Crippen molar-refractivity contribution in [3.05, 3.63) is 17.5 Å². The van der Waals surface area contributed by atoms with E-state index < -0.39 is 0 Å². The summed E-state index contributed by atoms with van der Waals surface area (Å²) in [6.45, 7) is 5.90. The van der Waals surface area contributed by atoms with Gasteiger partial charge in [0.25, 0.3) is 0 Å². The Morgan fingerprint density at radius 2 is 2.54 bits per heavy atom. The number of fused-ring (bicyclic) bond motifs is 1. The molecule has 3 nitrogen and oxygen atoms in total. The van der Waals surface area contributed by atoms with E-state index in [1.54, 1.807) is 0 Å². The van der Waals surface area contributed by atoms with E-state index >= 15 is 0 Å². The minimum atomic E-state index is 0.372. The number of ether oxygens (including phenoxy) is 1. The van der Waals surface area contributed by atoms with Gasteiger partial charge < -0.3 is 4.74 Å². The molecule has 0 bridgehead atoms. The highest BCUT2D eigenvalue weighted by atomic mass is 16.5. The molecule has 2 rings (SSSR count). The van der Waals surface area contributed by atoms with Crippen molar-refractivity contribution < 1.29 is 4.74 Å². The van der Waals surface area contributed by atoms with E-state index in [1.165, 1.54) is 11.3 Å². The Bertz CT molecular complexity index is 293. The Morgan fingerprint density at radius 1 is 1.69 bits per heavy atom. The topological polar surface area (TPSA) is 27.1 Å². The van der Waals surface area contributed by atoms with Crippen molar-refractivity contribution in [1.29, 1.82) is 0 Å². The monoisotopic (exact) mass is 180 g/mol. The third-order valence-electron chi connectivity index (χ3n) is 2.64. The van der Waals surface area contributed by atoms with Crippen LogP contribution < -0.4 is 0 Å². The van der Waals surface area contributed by atoms with Crippen molar-refractivity contribution in [3.63, 3.8) is 0 Å². The Balaban J connectivity index is 2.11. The SMILES string of the molecule is CCO[C@H]1CCc2c(C)cnn2C1. The molecule has 0 amide bonds. The van der Waals surface area contributed by atoms with Crippen molar-refractivity contribution in [2.24, 2.45) is 0 Å². The van der Waals surface area contributed by atoms with Crippen molar-refractivity contribution in [2.45, 2.75) is 39.3 Å². The van der Waals surface area contributed by atoms with Gasteiger partial charge in [-0.1, -0.05) is 0 Å². The molecule has 1 aliphatic rings. The summed E-state index contributed by atoms with van der Waals surface area (Å²) < 4.78 is 7.67. The van der Waals surface area contributed by atoms with Crippen LogP contribution in [-0.2, 0) is 17.7 Å². The molecule has 0 fully saturated rings. The van der Waals surface area contributed by atoms with Crippen LogP contribution in [0.15, 0.2) is 6.20 Å². The first kappa shape index (κ1) is 8.75. The minimum Gasteiger partial charge on any atom is -0.377 e. The summed E-state index contributed by atoms with van der Waals surface area (Å²) in [4.78, 5) is 0. The van der Waals surface area contributed by atoms with Crippen LogP contribution in [-0.4, -0.2) is 22.5 Å². The van der Waals surface area contributed by atoms with Crippen LogP contribution >= 0.6 is 0 Å². The van der Waals surface area contributed by atoms with Gasteiger partial charge in [-0.2, -0.15) is 5.10 Å². The highest BCUT2D eigenvalue weighted by Crippen LogP contribution is 2.19. The van der Waals surface area contributed by atoms with Crippen LogP contribution in [0.5, 0.6) is 0 Å². The van der Waals surface area contributed by atoms with Gasteiger partial charge in [-0.3, -0.25) is 4.68 Å². The Labute approximate surface area is 78.7 Å². The average molecular weight is 180 g/mol. The second-order valence-corrected chi connectivity index (χ2v) is 3.57. The number of hydrogen-bond donors (Lipinski definition) is 0. The summed E-state index contributed by atoms with van der Waals surface area (Å²) in [5.41, 5.74) is 2.70. The molecule has 0 aliphatic carbocycles. The normalized spacial score (nSPS) is 21.5. The molecule has 0 N–H and O–H groups in total. The number of nitrogens with zero attached hydrogens (tertiary/aromatic N) is 2. The van der Waals surface area contributed by atoms with E-state index in [0.717, 1.165) is 26.0 Å². The number of hydrogen-bond acceptors (Lipinski definition) is 2. The second kappa shape index (κ2) is 3.50. The van der Waals surface area contributed by atoms with Gasteiger partial charge in [0.2, 0.25) is 0 Å². The zero-order valence-electron chi connectivity index (χ0n) is 8.29. The zero-order valence-corrected chi connectivity index (χ0v) is 8.29. The molecular formula is C10H16N2O. The molecule has 3 heteroatoms. The van der Waals surface area contributed by atoms with E-state index in [9.17, 15) is 0 Å². The van der Waals surface area contributed by atoms with Gasteiger partial charge in [0.1, 0.15) is 0 Å². The molecule has 13 heavy (non-hydrogen) atoms. The van der Waals surface area contributed by atoms with Gasteiger partial charge in [-0.05, 0) is 32.3 Å². The second-order valence-electron chi connectivity index (χ2n) is 3.57. The zero-order chi connectivity index (χ0) is 9.26. The van der Waals surface area contributed by atoms with E-state index in [0.29, 0.717) is 6.10 Å². The van der Waals surface area contributed by atoms with Crippen LogP contribution in [0, 0.1) is 6.92 Å². The highest BCUT2D eigenvalue weighted by Gasteiger charge is 2.20. The maximum Gasteiger partial charge on any atom is 0.0774 e. The van der Waals surface area contributed by atoms with Crippen molar-refractivity contribution in [1.82, 2.24) is 9.78 Å². The Kier molecular flexibility index (Phi) is 2.36. The van der Waals surface area contributed by atoms with Gasteiger partial charge in [0.15, 0.2) is 0 Å². The molecule has 1 aliphatic heterocycles. The first-order valence-corrected chi connectivity index (χ1v) is 4.94. The lowest BCUT2D eigenvalue weighted by molar-refractivity contribution is 0.0336. The van der Waals surface area contributed by atoms with Crippen molar-refractivity contribution in [3.8, 4) is 0 Å². The average Bonchev–Trinajstić information content (AvgIpc) is 2.48.